The highest BCUT2D eigenvalue weighted by molar-refractivity contribution is 9.10. The maximum Gasteiger partial charge on any atom is 0.308 e. The summed E-state index contributed by atoms with van der Waals surface area (Å²) >= 11 is 3.03. The monoisotopic (exact) mass is 329 g/mol. The standard InChI is InChI=1S/C13H13BrFNO3/c14-10-4-3-8(6-11(10)15)12(17)16-5-1-2-9(7-16)13(18)19/h3-4,6,9H,1-2,5,7H2,(H,18,19)/t9-/m1/s1. The van der Waals surface area contributed by atoms with Crippen molar-refractivity contribution >= 4 is 27.8 Å². The first-order chi connectivity index (χ1) is 8.99. The van der Waals surface area contributed by atoms with Gasteiger partial charge in [0.15, 0.2) is 0 Å². The van der Waals surface area contributed by atoms with Gasteiger partial charge in [0.05, 0.1) is 10.4 Å². The van der Waals surface area contributed by atoms with E-state index in [1.807, 2.05) is 0 Å². The molecular formula is C13H13BrFNO3. The zero-order chi connectivity index (χ0) is 14.0. The summed E-state index contributed by atoms with van der Waals surface area (Å²) in [6.07, 6.45) is 1.23. The molecule has 1 fully saturated rings. The van der Waals surface area contributed by atoms with Crippen LogP contribution in [-0.2, 0) is 4.79 Å². The molecule has 102 valence electrons. The Kier molecular flexibility index (Phi) is 4.19. The highest BCUT2D eigenvalue weighted by atomic mass is 79.9. The quantitative estimate of drug-likeness (QED) is 0.907. The first-order valence-electron chi connectivity index (χ1n) is 5.96. The van der Waals surface area contributed by atoms with Crippen molar-refractivity contribution in [2.24, 2.45) is 5.92 Å². The molecule has 1 aromatic rings. The molecule has 6 heteroatoms. The van der Waals surface area contributed by atoms with E-state index in [0.29, 0.717) is 23.9 Å². The number of piperidine rings is 1. The lowest BCUT2D eigenvalue weighted by Gasteiger charge is -2.30. The lowest BCUT2D eigenvalue weighted by molar-refractivity contribution is -0.143. The van der Waals surface area contributed by atoms with Crippen molar-refractivity contribution in [1.82, 2.24) is 4.90 Å². The van der Waals surface area contributed by atoms with Crippen molar-refractivity contribution in [1.29, 1.82) is 0 Å². The first-order valence-corrected chi connectivity index (χ1v) is 6.75. The highest BCUT2D eigenvalue weighted by Crippen LogP contribution is 2.21. The molecule has 1 N–H and O–H groups in total. The van der Waals surface area contributed by atoms with Gasteiger partial charge in [-0.15, -0.1) is 0 Å². The van der Waals surface area contributed by atoms with Crippen molar-refractivity contribution in [3.8, 4) is 0 Å². The summed E-state index contributed by atoms with van der Waals surface area (Å²) in [4.78, 5) is 24.6. The number of rotatable bonds is 2. The number of hydrogen-bond acceptors (Lipinski definition) is 2. The number of amides is 1. The summed E-state index contributed by atoms with van der Waals surface area (Å²) in [6, 6.07) is 4.16. The number of carboxylic acids is 1. The summed E-state index contributed by atoms with van der Waals surface area (Å²) < 4.78 is 13.7. The second-order valence-corrected chi connectivity index (χ2v) is 5.41. The lowest BCUT2D eigenvalue weighted by Crippen LogP contribution is -2.42. The molecule has 1 atom stereocenters. The predicted octanol–water partition coefficient (Wildman–Crippen LogP) is 2.53. The molecule has 4 nitrogen and oxygen atoms in total. The summed E-state index contributed by atoms with van der Waals surface area (Å²) in [5, 5.41) is 8.98. The zero-order valence-corrected chi connectivity index (χ0v) is 11.7. The van der Waals surface area contributed by atoms with E-state index in [-0.39, 0.29) is 18.0 Å². The molecule has 0 aliphatic carbocycles. The van der Waals surface area contributed by atoms with Crippen LogP contribution in [0, 0.1) is 11.7 Å². The van der Waals surface area contributed by atoms with Crippen LogP contribution in [-0.4, -0.2) is 35.0 Å². The third-order valence-electron chi connectivity index (χ3n) is 3.22. The Bertz CT molecular complexity index is 521. The van der Waals surface area contributed by atoms with E-state index >= 15 is 0 Å². The van der Waals surface area contributed by atoms with E-state index in [2.05, 4.69) is 15.9 Å². The van der Waals surface area contributed by atoms with Crippen LogP contribution in [0.5, 0.6) is 0 Å². The van der Waals surface area contributed by atoms with Crippen LogP contribution in [0.25, 0.3) is 0 Å². The van der Waals surface area contributed by atoms with Gasteiger partial charge < -0.3 is 10.0 Å². The summed E-state index contributed by atoms with van der Waals surface area (Å²) in [6.45, 7) is 0.701. The van der Waals surface area contributed by atoms with E-state index in [1.165, 1.54) is 17.0 Å². The maximum atomic E-state index is 13.4. The SMILES string of the molecule is O=C(O)[C@@H]1CCCN(C(=O)c2ccc(Br)c(F)c2)C1. The molecular weight excluding hydrogens is 317 g/mol. The van der Waals surface area contributed by atoms with Crippen LogP contribution < -0.4 is 0 Å². The normalized spacial score (nSPS) is 19.3. The van der Waals surface area contributed by atoms with Gasteiger partial charge in [0.2, 0.25) is 0 Å². The number of benzene rings is 1. The van der Waals surface area contributed by atoms with Gasteiger partial charge in [0, 0.05) is 18.7 Å². The van der Waals surface area contributed by atoms with Crippen molar-refractivity contribution in [3.63, 3.8) is 0 Å². The zero-order valence-electron chi connectivity index (χ0n) is 10.1. The van der Waals surface area contributed by atoms with Gasteiger partial charge in [0.1, 0.15) is 5.82 Å². The largest absolute Gasteiger partial charge is 0.481 e. The van der Waals surface area contributed by atoms with Crippen LogP contribution in [0.3, 0.4) is 0 Å². The topological polar surface area (TPSA) is 57.6 Å². The minimum atomic E-state index is -0.889. The van der Waals surface area contributed by atoms with Crippen molar-refractivity contribution < 1.29 is 19.1 Å². The molecule has 1 amide bonds. The van der Waals surface area contributed by atoms with Crippen LogP contribution in [0.15, 0.2) is 22.7 Å². The second-order valence-electron chi connectivity index (χ2n) is 4.56. The highest BCUT2D eigenvalue weighted by Gasteiger charge is 2.28. The number of carbonyl (C=O) groups is 2. The van der Waals surface area contributed by atoms with E-state index < -0.39 is 17.7 Å². The smallest absolute Gasteiger partial charge is 0.308 e. The number of nitrogens with zero attached hydrogens (tertiary/aromatic N) is 1. The Morgan fingerprint density at radius 3 is 2.79 bits per heavy atom. The molecule has 1 aromatic carbocycles. The van der Waals surface area contributed by atoms with Gasteiger partial charge in [-0.3, -0.25) is 9.59 Å². The number of hydrogen-bond donors (Lipinski definition) is 1. The molecule has 1 aliphatic rings. The minimum Gasteiger partial charge on any atom is -0.481 e. The Morgan fingerprint density at radius 1 is 1.42 bits per heavy atom. The van der Waals surface area contributed by atoms with Crippen molar-refractivity contribution in [3.05, 3.63) is 34.1 Å². The summed E-state index contributed by atoms with van der Waals surface area (Å²) in [5.41, 5.74) is 0.242. The van der Waals surface area contributed by atoms with E-state index in [0.717, 1.165) is 6.07 Å². The third-order valence-corrected chi connectivity index (χ3v) is 3.87. The molecule has 1 saturated heterocycles. The fourth-order valence-corrected chi connectivity index (χ4v) is 2.42. The molecule has 0 aromatic heterocycles. The Labute approximate surface area is 118 Å². The van der Waals surface area contributed by atoms with Crippen molar-refractivity contribution in [2.75, 3.05) is 13.1 Å². The molecule has 0 bridgehead atoms. The molecule has 0 saturated carbocycles. The van der Waals surface area contributed by atoms with Gasteiger partial charge in [-0.2, -0.15) is 0 Å². The fourth-order valence-electron chi connectivity index (χ4n) is 2.17. The Balaban J connectivity index is 2.14. The average Bonchev–Trinajstić information content (AvgIpc) is 2.41. The van der Waals surface area contributed by atoms with E-state index in [9.17, 15) is 14.0 Å². The van der Waals surface area contributed by atoms with Gasteiger partial charge in [-0.25, -0.2) is 4.39 Å². The summed E-state index contributed by atoms with van der Waals surface area (Å²) in [5.74, 6) is -2.24. The fraction of sp³-hybridized carbons (Fsp3) is 0.385. The first kappa shape index (κ1) is 14.0. The van der Waals surface area contributed by atoms with Gasteiger partial charge in [0.25, 0.3) is 5.91 Å². The molecule has 2 rings (SSSR count). The molecule has 0 radical (unpaired) electrons. The van der Waals surface area contributed by atoms with Crippen LogP contribution in [0.2, 0.25) is 0 Å². The van der Waals surface area contributed by atoms with Gasteiger partial charge in [-0.05, 0) is 47.0 Å². The number of carboxylic acid groups (broad SMARTS) is 1. The van der Waals surface area contributed by atoms with E-state index in [1.54, 1.807) is 0 Å². The summed E-state index contributed by atoms with van der Waals surface area (Å²) in [7, 11) is 0. The molecule has 1 aliphatic heterocycles. The lowest BCUT2D eigenvalue weighted by atomic mass is 9.97. The average molecular weight is 330 g/mol. The van der Waals surface area contributed by atoms with Crippen LogP contribution in [0.4, 0.5) is 4.39 Å². The van der Waals surface area contributed by atoms with Gasteiger partial charge in [-0.1, -0.05) is 0 Å². The number of aliphatic carboxylic acids is 1. The minimum absolute atomic E-state index is 0.186. The number of carbonyl (C=O) groups excluding carboxylic acids is 1. The molecule has 1 heterocycles. The van der Waals surface area contributed by atoms with Gasteiger partial charge >= 0.3 is 5.97 Å². The second kappa shape index (κ2) is 5.69. The number of likely N-dealkylation sites (tertiary alicyclic amines) is 1. The van der Waals surface area contributed by atoms with E-state index in [4.69, 9.17) is 5.11 Å². The molecule has 0 unspecified atom stereocenters. The van der Waals surface area contributed by atoms with Crippen molar-refractivity contribution in [2.45, 2.75) is 12.8 Å². The Hall–Kier alpha value is -1.43. The predicted molar refractivity (Wildman–Crippen MR) is 70.4 cm³/mol. The maximum absolute atomic E-state index is 13.4. The van der Waals surface area contributed by atoms with Crippen LogP contribution in [0.1, 0.15) is 23.2 Å². The molecule has 19 heavy (non-hydrogen) atoms. The Morgan fingerprint density at radius 2 is 2.16 bits per heavy atom. The number of halogens is 2. The molecule has 0 spiro atoms. The van der Waals surface area contributed by atoms with Crippen LogP contribution >= 0.6 is 15.9 Å². The third kappa shape index (κ3) is 3.12.